The van der Waals surface area contributed by atoms with Gasteiger partial charge in [0.15, 0.2) is 0 Å². The monoisotopic (exact) mass is 514 g/mol. The molecule has 1 saturated carbocycles. The molecule has 10 heteroatoms. The number of alkyl carbamates (subject to hydrolysis) is 1. The Morgan fingerprint density at radius 2 is 1.78 bits per heavy atom. The van der Waals surface area contributed by atoms with Crippen LogP contribution in [0.2, 0.25) is 0 Å². The molecule has 5 unspecified atom stereocenters. The number of hydrogen-bond donors (Lipinski definition) is 4. The number of ketones is 1. The van der Waals surface area contributed by atoms with Gasteiger partial charge in [0.05, 0.1) is 6.04 Å². The van der Waals surface area contributed by atoms with Crippen molar-refractivity contribution in [3.8, 4) is 0 Å². The van der Waals surface area contributed by atoms with Crippen molar-refractivity contribution in [1.29, 1.82) is 0 Å². The predicted octanol–water partition coefficient (Wildman–Crippen LogP) is 1.60. The first-order valence-corrected chi connectivity index (χ1v) is 13.1. The van der Waals surface area contributed by atoms with Crippen LogP contribution in [-0.2, 0) is 30.3 Å². The summed E-state index contributed by atoms with van der Waals surface area (Å²) in [5.74, 6) is -3.32. The summed E-state index contributed by atoms with van der Waals surface area (Å²) in [5, 5.41) is 7.88. The summed E-state index contributed by atoms with van der Waals surface area (Å²) in [4.78, 5) is 62.0. The third-order valence-electron chi connectivity index (χ3n) is 7.06. The van der Waals surface area contributed by atoms with Gasteiger partial charge in [-0.1, -0.05) is 44.2 Å². The molecule has 0 bridgehead atoms. The summed E-state index contributed by atoms with van der Waals surface area (Å²) >= 11 is 0. The summed E-state index contributed by atoms with van der Waals surface area (Å²) in [7, 11) is 0. The molecule has 202 valence electrons. The Morgan fingerprint density at radius 3 is 2.41 bits per heavy atom. The van der Waals surface area contributed by atoms with E-state index in [9.17, 15) is 24.0 Å². The predicted molar refractivity (Wildman–Crippen MR) is 136 cm³/mol. The van der Waals surface area contributed by atoms with Crippen molar-refractivity contribution in [2.75, 3.05) is 6.54 Å². The van der Waals surface area contributed by atoms with Crippen LogP contribution in [0.3, 0.4) is 0 Å². The summed E-state index contributed by atoms with van der Waals surface area (Å²) in [6, 6.07) is 7.80. The number of Topliss-reactive ketones (excluding diaryl/α,β-unsaturated/α-hetero) is 1. The molecule has 0 aromatic heterocycles. The quantitative estimate of drug-likeness (QED) is 0.310. The van der Waals surface area contributed by atoms with E-state index in [2.05, 4.69) is 28.1 Å². The summed E-state index contributed by atoms with van der Waals surface area (Å²) in [6.45, 7) is 4.26. The normalized spacial score (nSPS) is 22.7. The SMILES string of the molecule is CC(C)CC(NC(=O)OC1CCCC1Cc1ccccc1)C(=O)NC(CC1CCNC1=O)C(=O)C(N)=O. The van der Waals surface area contributed by atoms with Gasteiger partial charge >= 0.3 is 6.09 Å². The highest BCUT2D eigenvalue weighted by atomic mass is 16.6. The van der Waals surface area contributed by atoms with E-state index in [4.69, 9.17) is 10.5 Å². The van der Waals surface area contributed by atoms with Crippen LogP contribution in [0.15, 0.2) is 30.3 Å². The third kappa shape index (κ3) is 8.30. The van der Waals surface area contributed by atoms with Gasteiger partial charge in [0, 0.05) is 18.4 Å². The number of nitrogens with two attached hydrogens (primary N) is 1. The van der Waals surface area contributed by atoms with E-state index in [0.29, 0.717) is 19.4 Å². The Labute approximate surface area is 217 Å². The van der Waals surface area contributed by atoms with Gasteiger partial charge < -0.3 is 26.4 Å². The minimum Gasteiger partial charge on any atom is -0.446 e. The van der Waals surface area contributed by atoms with E-state index in [1.165, 1.54) is 5.56 Å². The number of hydrogen-bond acceptors (Lipinski definition) is 6. The summed E-state index contributed by atoms with van der Waals surface area (Å²) in [5.41, 5.74) is 6.37. The fraction of sp³-hybridized carbons (Fsp3) is 0.593. The van der Waals surface area contributed by atoms with Crippen LogP contribution >= 0.6 is 0 Å². The molecule has 3 rings (SSSR count). The zero-order chi connectivity index (χ0) is 26.9. The smallest absolute Gasteiger partial charge is 0.408 e. The van der Waals surface area contributed by atoms with Crippen LogP contribution in [0.4, 0.5) is 4.79 Å². The van der Waals surface area contributed by atoms with Crippen molar-refractivity contribution < 1.29 is 28.7 Å². The molecule has 2 fully saturated rings. The highest BCUT2D eigenvalue weighted by molar-refractivity contribution is 6.37. The largest absolute Gasteiger partial charge is 0.446 e. The fourth-order valence-electron chi connectivity index (χ4n) is 5.15. The molecule has 1 aliphatic heterocycles. The molecule has 0 spiro atoms. The molecule has 1 heterocycles. The summed E-state index contributed by atoms with van der Waals surface area (Å²) in [6.07, 6.45) is 3.26. The Bertz CT molecular complexity index is 982. The number of amides is 4. The standard InChI is InChI=1S/C27H38N4O6/c1-16(2)13-21(26(35)30-20(23(32)24(28)33)15-19-11-12-29-25(19)34)31-27(36)37-22-10-6-9-18(22)14-17-7-4-3-5-8-17/h3-5,7-8,16,18-22H,6,9-15H2,1-2H3,(H2,28,33)(H,29,34)(H,30,35)(H,31,36). The number of nitrogens with one attached hydrogen (secondary N) is 3. The zero-order valence-electron chi connectivity index (χ0n) is 21.5. The van der Waals surface area contributed by atoms with Crippen LogP contribution in [0.5, 0.6) is 0 Å². The molecular formula is C27H38N4O6. The van der Waals surface area contributed by atoms with Crippen molar-refractivity contribution in [3.05, 3.63) is 35.9 Å². The molecule has 1 aromatic rings. The minimum absolute atomic E-state index is 0.0402. The average Bonchev–Trinajstić information content (AvgIpc) is 3.46. The lowest BCUT2D eigenvalue weighted by Crippen LogP contribution is -2.54. The number of rotatable bonds is 12. The maximum absolute atomic E-state index is 13.2. The minimum atomic E-state index is -1.25. The van der Waals surface area contributed by atoms with Crippen LogP contribution in [-0.4, -0.2) is 54.3 Å². The van der Waals surface area contributed by atoms with Gasteiger partial charge in [0.25, 0.3) is 5.91 Å². The van der Waals surface area contributed by atoms with Crippen molar-refractivity contribution in [1.82, 2.24) is 16.0 Å². The molecule has 1 saturated heterocycles. The van der Waals surface area contributed by atoms with Gasteiger partial charge in [0.2, 0.25) is 17.6 Å². The Kier molecular flexibility index (Phi) is 10.0. The van der Waals surface area contributed by atoms with E-state index in [-0.39, 0.29) is 30.3 Å². The average molecular weight is 515 g/mol. The van der Waals surface area contributed by atoms with Gasteiger partial charge in [-0.25, -0.2) is 4.79 Å². The molecule has 10 nitrogen and oxygen atoms in total. The molecule has 1 aromatic carbocycles. The lowest BCUT2D eigenvalue weighted by atomic mass is 9.94. The molecule has 0 radical (unpaired) electrons. The third-order valence-corrected chi connectivity index (χ3v) is 7.06. The highest BCUT2D eigenvalue weighted by Crippen LogP contribution is 2.31. The number of benzene rings is 1. The van der Waals surface area contributed by atoms with Crippen LogP contribution in [0.1, 0.15) is 57.9 Å². The first-order chi connectivity index (χ1) is 17.6. The van der Waals surface area contributed by atoms with Crippen molar-refractivity contribution in [3.63, 3.8) is 0 Å². The number of ether oxygens (including phenoxy) is 1. The molecule has 37 heavy (non-hydrogen) atoms. The van der Waals surface area contributed by atoms with Crippen molar-refractivity contribution >= 4 is 29.6 Å². The number of carbonyl (C=O) groups excluding carboxylic acids is 5. The van der Waals surface area contributed by atoms with E-state index < -0.39 is 41.7 Å². The van der Waals surface area contributed by atoms with Crippen molar-refractivity contribution in [2.24, 2.45) is 23.5 Å². The molecular weight excluding hydrogens is 476 g/mol. The second-order valence-electron chi connectivity index (χ2n) is 10.5. The number of carbonyl (C=O) groups is 5. The zero-order valence-corrected chi connectivity index (χ0v) is 21.5. The van der Waals surface area contributed by atoms with Gasteiger partial charge in [0.1, 0.15) is 12.1 Å². The van der Waals surface area contributed by atoms with E-state index in [1.807, 2.05) is 32.0 Å². The number of primary amides is 1. The van der Waals surface area contributed by atoms with Gasteiger partial charge in [-0.15, -0.1) is 0 Å². The Morgan fingerprint density at radius 1 is 1.05 bits per heavy atom. The van der Waals surface area contributed by atoms with E-state index in [1.54, 1.807) is 0 Å². The van der Waals surface area contributed by atoms with E-state index in [0.717, 1.165) is 25.7 Å². The molecule has 5 atom stereocenters. The second kappa shape index (κ2) is 13.2. The van der Waals surface area contributed by atoms with E-state index >= 15 is 0 Å². The van der Waals surface area contributed by atoms with Crippen LogP contribution < -0.4 is 21.7 Å². The maximum atomic E-state index is 13.2. The van der Waals surface area contributed by atoms with Crippen LogP contribution in [0, 0.1) is 17.8 Å². The lowest BCUT2D eigenvalue weighted by molar-refractivity contribution is -0.139. The summed E-state index contributed by atoms with van der Waals surface area (Å²) < 4.78 is 5.75. The van der Waals surface area contributed by atoms with Gasteiger partial charge in [-0.05, 0) is 56.4 Å². The Balaban J connectivity index is 1.63. The Hall–Kier alpha value is -3.43. The second-order valence-corrected chi connectivity index (χ2v) is 10.5. The van der Waals surface area contributed by atoms with Crippen LogP contribution in [0.25, 0.3) is 0 Å². The van der Waals surface area contributed by atoms with Crippen molar-refractivity contribution in [2.45, 2.75) is 77.0 Å². The maximum Gasteiger partial charge on any atom is 0.408 e. The first kappa shape index (κ1) is 28.1. The molecule has 1 aliphatic carbocycles. The highest BCUT2D eigenvalue weighted by Gasteiger charge is 2.36. The molecule has 2 aliphatic rings. The molecule has 5 N–H and O–H groups in total. The fourth-order valence-corrected chi connectivity index (χ4v) is 5.15. The lowest BCUT2D eigenvalue weighted by Gasteiger charge is -2.26. The topological polar surface area (TPSA) is 157 Å². The van der Waals surface area contributed by atoms with Gasteiger partial charge in [-0.2, -0.15) is 0 Å². The molecule has 4 amide bonds. The van der Waals surface area contributed by atoms with Gasteiger partial charge in [-0.3, -0.25) is 19.2 Å². The first-order valence-electron chi connectivity index (χ1n) is 13.1.